The van der Waals surface area contributed by atoms with Gasteiger partial charge in [0.1, 0.15) is 5.60 Å². The van der Waals surface area contributed by atoms with Crippen LogP contribution in [0.3, 0.4) is 0 Å². The lowest BCUT2D eigenvalue weighted by atomic mass is 9.74. The summed E-state index contributed by atoms with van der Waals surface area (Å²) in [5.74, 6) is -1.21. The third kappa shape index (κ3) is 4.90. The van der Waals surface area contributed by atoms with E-state index in [2.05, 4.69) is 10.3 Å². The van der Waals surface area contributed by atoms with Gasteiger partial charge in [0.05, 0.1) is 17.0 Å². The molecule has 3 heterocycles. The molecule has 2 amide bonds. The summed E-state index contributed by atoms with van der Waals surface area (Å²) in [7, 11) is 0. The topological polar surface area (TPSA) is 82.5 Å². The lowest BCUT2D eigenvalue weighted by Crippen LogP contribution is -2.58. The lowest BCUT2D eigenvalue weighted by molar-refractivity contribution is -0.148. The number of alkyl halides is 4. The molecule has 5 rings (SSSR count). The number of hydrogen-bond acceptors (Lipinski definition) is 5. The molecule has 200 valence electrons. The molecular formula is C28H27F4N3O3. The zero-order valence-corrected chi connectivity index (χ0v) is 20.7. The van der Waals surface area contributed by atoms with Gasteiger partial charge in [0.2, 0.25) is 11.8 Å². The zero-order chi connectivity index (χ0) is 27.3. The summed E-state index contributed by atoms with van der Waals surface area (Å²) in [5, 5.41) is 14.6. The van der Waals surface area contributed by atoms with Gasteiger partial charge < -0.3 is 5.11 Å². The number of pyridine rings is 1. The summed E-state index contributed by atoms with van der Waals surface area (Å²) in [6.45, 7) is 1.81. The van der Waals surface area contributed by atoms with Crippen LogP contribution in [0.25, 0.3) is 10.9 Å². The van der Waals surface area contributed by atoms with Gasteiger partial charge in [0.25, 0.3) is 0 Å². The van der Waals surface area contributed by atoms with Crippen LogP contribution in [-0.4, -0.2) is 45.6 Å². The Labute approximate surface area is 216 Å². The predicted octanol–water partition coefficient (Wildman–Crippen LogP) is 4.60. The van der Waals surface area contributed by atoms with Crippen molar-refractivity contribution in [2.24, 2.45) is 0 Å². The summed E-state index contributed by atoms with van der Waals surface area (Å²) in [4.78, 5) is 30.0. The van der Waals surface area contributed by atoms with Gasteiger partial charge in [-0.05, 0) is 66.8 Å². The maximum Gasteiger partial charge on any atom is 0.416 e. The van der Waals surface area contributed by atoms with Crippen molar-refractivity contribution < 1.29 is 32.3 Å². The van der Waals surface area contributed by atoms with E-state index in [0.29, 0.717) is 40.6 Å². The predicted molar refractivity (Wildman–Crippen MR) is 132 cm³/mol. The number of benzene rings is 2. The van der Waals surface area contributed by atoms with Gasteiger partial charge >= 0.3 is 6.18 Å². The van der Waals surface area contributed by atoms with Crippen molar-refractivity contribution in [3.8, 4) is 0 Å². The molecule has 2 fully saturated rings. The molecule has 0 saturated carbocycles. The summed E-state index contributed by atoms with van der Waals surface area (Å²) in [6.07, 6.45) is -2.14. The molecule has 38 heavy (non-hydrogen) atoms. The number of hydrogen-bond donors (Lipinski definition) is 2. The summed E-state index contributed by atoms with van der Waals surface area (Å²) in [6, 6.07) is 11.6. The van der Waals surface area contributed by atoms with Crippen LogP contribution >= 0.6 is 0 Å². The van der Waals surface area contributed by atoms with E-state index < -0.39 is 28.9 Å². The van der Waals surface area contributed by atoms with Crippen LogP contribution in [0.15, 0.2) is 54.7 Å². The van der Waals surface area contributed by atoms with E-state index in [9.17, 15) is 27.9 Å². The highest BCUT2D eigenvalue weighted by Gasteiger charge is 2.52. The highest BCUT2D eigenvalue weighted by atomic mass is 19.4. The van der Waals surface area contributed by atoms with Crippen molar-refractivity contribution in [3.05, 3.63) is 77.0 Å². The average molecular weight is 530 g/mol. The first-order chi connectivity index (χ1) is 17.9. The number of likely N-dealkylation sites (tertiary alicyclic amines) is 1. The van der Waals surface area contributed by atoms with Gasteiger partial charge in [-0.25, -0.2) is 4.39 Å². The van der Waals surface area contributed by atoms with Crippen LogP contribution < -0.4 is 5.32 Å². The molecule has 0 bridgehead atoms. The Morgan fingerprint density at radius 2 is 1.87 bits per heavy atom. The zero-order valence-electron chi connectivity index (χ0n) is 20.7. The number of nitrogens with one attached hydrogen (secondary N) is 1. The van der Waals surface area contributed by atoms with E-state index in [0.717, 1.165) is 12.1 Å². The number of fused-ring (bicyclic) bond motifs is 1. The van der Waals surface area contributed by atoms with E-state index in [4.69, 9.17) is 0 Å². The lowest BCUT2D eigenvalue weighted by Gasteiger charge is -2.47. The molecule has 2 N–H and O–H groups in total. The molecule has 2 aliphatic heterocycles. The van der Waals surface area contributed by atoms with Gasteiger partial charge in [0, 0.05) is 37.6 Å². The number of piperidine rings is 2. The number of halogens is 4. The van der Waals surface area contributed by atoms with Crippen LogP contribution in [0, 0.1) is 0 Å². The van der Waals surface area contributed by atoms with E-state index in [1.54, 1.807) is 35.4 Å². The number of rotatable bonds is 4. The van der Waals surface area contributed by atoms with Gasteiger partial charge in [-0.1, -0.05) is 18.2 Å². The molecule has 0 spiro atoms. The molecule has 0 unspecified atom stereocenters. The standard InChI is InChI=1S/C28H27F4N3O3/c1-26(29)16-35(15-17-2-4-20(5-3-17)28(30,31)32)11-10-27(26,38)21-6-8-23-18(13-21)12-19(14-33-23)22-7-9-24(36)34-25(22)37/h2-6,8,12-14,22,38H,7,9-11,15-16H2,1H3,(H,34,36,37)/t22-,26-,27-/m1/s1. The second kappa shape index (κ2) is 9.43. The number of aromatic nitrogens is 1. The molecule has 2 aliphatic rings. The van der Waals surface area contributed by atoms with E-state index in [-0.39, 0.29) is 37.7 Å². The Morgan fingerprint density at radius 3 is 2.53 bits per heavy atom. The first-order valence-electron chi connectivity index (χ1n) is 12.4. The maximum atomic E-state index is 16.1. The second-order valence-corrected chi connectivity index (χ2v) is 10.4. The molecular weight excluding hydrogens is 502 g/mol. The van der Waals surface area contributed by atoms with Gasteiger partial charge in [-0.2, -0.15) is 13.2 Å². The molecule has 3 atom stereocenters. The molecule has 6 nitrogen and oxygen atoms in total. The largest absolute Gasteiger partial charge is 0.416 e. The quantitative estimate of drug-likeness (QED) is 0.382. The first kappa shape index (κ1) is 26.2. The van der Waals surface area contributed by atoms with Crippen LogP contribution in [0.4, 0.5) is 17.6 Å². The molecule has 2 saturated heterocycles. The van der Waals surface area contributed by atoms with Crippen LogP contribution in [0.5, 0.6) is 0 Å². The van der Waals surface area contributed by atoms with Gasteiger partial charge in [-0.15, -0.1) is 0 Å². The minimum atomic E-state index is -4.42. The Balaban J connectivity index is 1.36. The number of aliphatic hydroxyl groups is 1. The minimum Gasteiger partial charge on any atom is -0.382 e. The number of amides is 2. The Morgan fingerprint density at radius 1 is 1.13 bits per heavy atom. The number of imide groups is 1. The molecule has 3 aromatic rings. The first-order valence-corrected chi connectivity index (χ1v) is 12.4. The Bertz CT molecular complexity index is 1390. The fraction of sp³-hybridized carbons (Fsp3) is 0.393. The summed E-state index contributed by atoms with van der Waals surface area (Å²) >= 11 is 0. The third-order valence-corrected chi connectivity index (χ3v) is 7.68. The summed E-state index contributed by atoms with van der Waals surface area (Å²) < 4.78 is 54.6. The van der Waals surface area contributed by atoms with E-state index in [1.807, 2.05) is 0 Å². The Hall–Kier alpha value is -3.37. The average Bonchev–Trinajstić information content (AvgIpc) is 2.85. The number of carbonyl (C=O) groups is 2. The minimum absolute atomic E-state index is 0.0758. The summed E-state index contributed by atoms with van der Waals surface area (Å²) in [5.41, 5.74) is -2.34. The highest BCUT2D eigenvalue weighted by Crippen LogP contribution is 2.44. The third-order valence-electron chi connectivity index (χ3n) is 7.68. The monoisotopic (exact) mass is 529 g/mol. The molecule has 1 aromatic heterocycles. The van der Waals surface area contributed by atoms with Crippen LogP contribution in [0.2, 0.25) is 0 Å². The molecule has 10 heteroatoms. The van der Waals surface area contributed by atoms with E-state index in [1.165, 1.54) is 19.1 Å². The Kier molecular flexibility index (Phi) is 6.51. The van der Waals surface area contributed by atoms with Crippen molar-refractivity contribution in [2.45, 2.75) is 56.1 Å². The smallest absolute Gasteiger partial charge is 0.382 e. The maximum absolute atomic E-state index is 16.1. The highest BCUT2D eigenvalue weighted by molar-refractivity contribution is 6.01. The second-order valence-electron chi connectivity index (χ2n) is 10.4. The number of carbonyl (C=O) groups excluding carboxylic acids is 2. The van der Waals surface area contributed by atoms with Gasteiger partial charge in [-0.3, -0.25) is 24.8 Å². The molecule has 0 aliphatic carbocycles. The molecule has 2 aromatic carbocycles. The fourth-order valence-electron chi connectivity index (χ4n) is 5.46. The SMILES string of the molecule is C[C@@]1(F)CN(Cc2ccc(C(F)(F)F)cc2)CC[C@@]1(O)c1ccc2ncc([C@H]3CCC(=O)NC3=O)cc2c1. The van der Waals surface area contributed by atoms with Gasteiger partial charge in [0.15, 0.2) is 5.67 Å². The van der Waals surface area contributed by atoms with Crippen molar-refractivity contribution in [2.75, 3.05) is 13.1 Å². The van der Waals surface area contributed by atoms with Crippen molar-refractivity contribution in [1.82, 2.24) is 15.2 Å². The van der Waals surface area contributed by atoms with Crippen molar-refractivity contribution in [3.63, 3.8) is 0 Å². The van der Waals surface area contributed by atoms with Crippen molar-refractivity contribution >= 4 is 22.7 Å². The van der Waals surface area contributed by atoms with Crippen LogP contribution in [0.1, 0.15) is 54.4 Å². The van der Waals surface area contributed by atoms with E-state index >= 15 is 4.39 Å². The van der Waals surface area contributed by atoms with Crippen LogP contribution in [-0.2, 0) is 27.9 Å². The fourth-order valence-corrected chi connectivity index (χ4v) is 5.46. The normalized spacial score (nSPS) is 26.9. The number of nitrogens with zero attached hydrogens (tertiary/aromatic N) is 2. The molecule has 0 radical (unpaired) electrons. The van der Waals surface area contributed by atoms with Crippen molar-refractivity contribution in [1.29, 1.82) is 0 Å².